The van der Waals surface area contributed by atoms with E-state index in [1.807, 2.05) is 6.07 Å². The topological polar surface area (TPSA) is 115 Å². The highest BCUT2D eigenvalue weighted by Gasteiger charge is 2.37. The molecule has 0 fully saturated rings. The quantitative estimate of drug-likeness (QED) is 0.755. The first kappa shape index (κ1) is 18.4. The first-order valence-corrected chi connectivity index (χ1v) is 7.83. The van der Waals surface area contributed by atoms with Crippen molar-refractivity contribution in [3.05, 3.63) is 52.6 Å². The molecule has 2 rings (SSSR count). The number of esters is 1. The highest BCUT2D eigenvalue weighted by atomic mass is 16.5. The lowest BCUT2D eigenvalue weighted by Gasteiger charge is -2.28. The van der Waals surface area contributed by atoms with Crippen LogP contribution >= 0.6 is 0 Å². The van der Waals surface area contributed by atoms with Crippen molar-refractivity contribution in [2.45, 2.75) is 19.8 Å². The molecule has 132 valence electrons. The molecule has 1 aromatic carbocycles. The van der Waals surface area contributed by atoms with E-state index in [0.29, 0.717) is 11.3 Å². The molecule has 3 N–H and O–H groups in total. The van der Waals surface area contributed by atoms with Crippen LogP contribution in [0.25, 0.3) is 0 Å². The predicted molar refractivity (Wildman–Crippen MR) is 89.0 cm³/mol. The monoisotopic (exact) mass is 344 g/mol. The molecule has 7 heteroatoms. The van der Waals surface area contributed by atoms with E-state index in [2.05, 4.69) is 0 Å². The molecule has 0 aromatic heterocycles. The fraction of sp³-hybridized carbons (Fsp3) is 0.333. The maximum atomic E-state index is 12.5. The second-order valence-corrected chi connectivity index (χ2v) is 5.23. The summed E-state index contributed by atoms with van der Waals surface area (Å²) in [6.07, 6.45) is 0. The third-order valence-electron chi connectivity index (χ3n) is 3.68. The Hall–Kier alpha value is -2.98. The van der Waals surface area contributed by atoms with Crippen molar-refractivity contribution in [2.75, 3.05) is 19.8 Å². The zero-order valence-corrected chi connectivity index (χ0v) is 14.1. The second-order valence-electron chi connectivity index (χ2n) is 5.23. The van der Waals surface area contributed by atoms with Crippen molar-refractivity contribution < 1.29 is 24.1 Å². The molecule has 1 heterocycles. The summed E-state index contributed by atoms with van der Waals surface area (Å²) in [5, 5.41) is 18.6. The standard InChI is InChI=1S/C18H20N2O5/c1-3-23-18(22)15-11(2)25-17(20)13(10-19)16(15)12-6-4-5-7-14(12)24-9-8-21/h4-7,16,21H,3,8-9,20H2,1-2H3. The first-order valence-electron chi connectivity index (χ1n) is 7.83. The number of rotatable bonds is 6. The van der Waals surface area contributed by atoms with Crippen molar-refractivity contribution in [3.8, 4) is 11.8 Å². The summed E-state index contributed by atoms with van der Waals surface area (Å²) in [7, 11) is 0. The minimum absolute atomic E-state index is 0.0602. The van der Waals surface area contributed by atoms with E-state index in [0.717, 1.165) is 0 Å². The molecular weight excluding hydrogens is 324 g/mol. The van der Waals surface area contributed by atoms with Gasteiger partial charge in [-0.1, -0.05) is 18.2 Å². The predicted octanol–water partition coefficient (Wildman–Crippen LogP) is 1.70. The summed E-state index contributed by atoms with van der Waals surface area (Å²) >= 11 is 0. The van der Waals surface area contributed by atoms with Crippen LogP contribution in [0.5, 0.6) is 5.75 Å². The van der Waals surface area contributed by atoms with Gasteiger partial charge in [0.25, 0.3) is 0 Å². The van der Waals surface area contributed by atoms with Gasteiger partial charge in [-0.15, -0.1) is 0 Å². The Morgan fingerprint density at radius 2 is 2.16 bits per heavy atom. The van der Waals surface area contributed by atoms with Gasteiger partial charge in [0.05, 0.1) is 24.7 Å². The van der Waals surface area contributed by atoms with Crippen LogP contribution in [0, 0.1) is 11.3 Å². The molecule has 0 saturated heterocycles. The molecule has 0 bridgehead atoms. The number of aliphatic hydroxyl groups is 1. The number of para-hydroxylation sites is 1. The third-order valence-corrected chi connectivity index (χ3v) is 3.68. The molecule has 0 aliphatic carbocycles. The molecule has 0 amide bonds. The second kappa shape index (κ2) is 8.22. The van der Waals surface area contributed by atoms with Gasteiger partial charge < -0.3 is 25.1 Å². The normalized spacial score (nSPS) is 17.0. The zero-order chi connectivity index (χ0) is 18.4. The molecule has 1 aliphatic heterocycles. The van der Waals surface area contributed by atoms with E-state index in [-0.39, 0.29) is 42.6 Å². The van der Waals surface area contributed by atoms with Crippen LogP contribution in [0.1, 0.15) is 25.3 Å². The molecule has 1 aromatic rings. The van der Waals surface area contributed by atoms with Crippen LogP contribution in [0.3, 0.4) is 0 Å². The SMILES string of the molecule is CCOC(=O)C1=C(C)OC(N)=C(C#N)C1c1ccccc1OCCO. The number of hydrogen-bond donors (Lipinski definition) is 2. The number of nitrogens with two attached hydrogens (primary N) is 1. The van der Waals surface area contributed by atoms with Gasteiger partial charge in [0.15, 0.2) is 0 Å². The highest BCUT2D eigenvalue weighted by molar-refractivity contribution is 5.92. The van der Waals surface area contributed by atoms with Crippen molar-refractivity contribution in [1.82, 2.24) is 0 Å². The zero-order valence-electron chi connectivity index (χ0n) is 14.1. The van der Waals surface area contributed by atoms with Gasteiger partial charge >= 0.3 is 5.97 Å². The van der Waals surface area contributed by atoms with Crippen molar-refractivity contribution in [3.63, 3.8) is 0 Å². The molecule has 25 heavy (non-hydrogen) atoms. The summed E-state index contributed by atoms with van der Waals surface area (Å²) < 4.78 is 16.1. The van der Waals surface area contributed by atoms with Gasteiger partial charge in [0.2, 0.25) is 5.88 Å². The Balaban J connectivity index is 2.61. The summed E-state index contributed by atoms with van der Waals surface area (Å²) in [5.74, 6) is -0.694. The third kappa shape index (κ3) is 3.75. The van der Waals surface area contributed by atoms with E-state index < -0.39 is 11.9 Å². The number of nitrogens with zero attached hydrogens (tertiary/aromatic N) is 1. The number of carbonyl (C=O) groups is 1. The van der Waals surface area contributed by atoms with Crippen molar-refractivity contribution in [1.29, 1.82) is 5.26 Å². The number of carbonyl (C=O) groups excluding carboxylic acids is 1. The average molecular weight is 344 g/mol. The Labute approximate surface area is 145 Å². The van der Waals surface area contributed by atoms with Crippen LogP contribution in [-0.2, 0) is 14.3 Å². The smallest absolute Gasteiger partial charge is 0.338 e. The lowest BCUT2D eigenvalue weighted by molar-refractivity contribution is -0.139. The Morgan fingerprint density at radius 1 is 1.44 bits per heavy atom. The minimum Gasteiger partial charge on any atom is -0.491 e. The fourth-order valence-electron chi connectivity index (χ4n) is 2.67. The summed E-state index contributed by atoms with van der Waals surface area (Å²) in [4.78, 5) is 12.5. The van der Waals surface area contributed by atoms with Gasteiger partial charge in [-0.2, -0.15) is 5.26 Å². The van der Waals surface area contributed by atoms with E-state index in [1.165, 1.54) is 0 Å². The van der Waals surface area contributed by atoms with Crippen LogP contribution in [0.15, 0.2) is 47.1 Å². The van der Waals surface area contributed by atoms with Crippen LogP contribution in [-0.4, -0.2) is 30.9 Å². The number of aliphatic hydroxyl groups excluding tert-OH is 1. The maximum Gasteiger partial charge on any atom is 0.338 e. The fourth-order valence-corrected chi connectivity index (χ4v) is 2.67. The molecular formula is C18H20N2O5. The number of allylic oxidation sites excluding steroid dienone is 2. The number of hydrogen-bond acceptors (Lipinski definition) is 7. The first-order chi connectivity index (χ1) is 12.0. The number of ether oxygens (including phenoxy) is 3. The molecule has 1 atom stereocenters. The van der Waals surface area contributed by atoms with E-state index in [9.17, 15) is 10.1 Å². The number of nitriles is 1. The molecule has 0 spiro atoms. The minimum atomic E-state index is -0.771. The Morgan fingerprint density at radius 3 is 2.80 bits per heavy atom. The van der Waals surface area contributed by atoms with Crippen molar-refractivity contribution in [2.24, 2.45) is 5.73 Å². The van der Waals surface area contributed by atoms with Gasteiger partial charge in [-0.25, -0.2) is 4.79 Å². The molecule has 0 radical (unpaired) electrons. The molecule has 0 saturated carbocycles. The van der Waals surface area contributed by atoms with Crippen LogP contribution in [0.4, 0.5) is 0 Å². The van der Waals surface area contributed by atoms with Gasteiger partial charge in [-0.05, 0) is 19.9 Å². The van der Waals surface area contributed by atoms with E-state index in [4.69, 9.17) is 25.1 Å². The largest absolute Gasteiger partial charge is 0.491 e. The van der Waals surface area contributed by atoms with E-state index in [1.54, 1.807) is 38.1 Å². The van der Waals surface area contributed by atoms with Crippen molar-refractivity contribution >= 4 is 5.97 Å². The average Bonchev–Trinajstić information content (AvgIpc) is 2.59. The summed E-state index contributed by atoms with van der Waals surface area (Å²) in [6, 6.07) is 8.97. The Kier molecular flexibility index (Phi) is 6.03. The van der Waals surface area contributed by atoms with Gasteiger partial charge in [0, 0.05) is 5.56 Å². The highest BCUT2D eigenvalue weighted by Crippen LogP contribution is 2.42. The molecule has 1 aliphatic rings. The summed E-state index contributed by atoms with van der Waals surface area (Å²) in [5.41, 5.74) is 6.74. The van der Waals surface area contributed by atoms with E-state index >= 15 is 0 Å². The summed E-state index contributed by atoms with van der Waals surface area (Å²) in [6.45, 7) is 3.40. The molecule has 1 unspecified atom stereocenters. The lowest BCUT2D eigenvalue weighted by atomic mass is 9.82. The van der Waals surface area contributed by atoms with Crippen LogP contribution in [0.2, 0.25) is 0 Å². The number of benzene rings is 1. The van der Waals surface area contributed by atoms with Gasteiger partial charge in [0.1, 0.15) is 29.8 Å². The lowest BCUT2D eigenvalue weighted by Crippen LogP contribution is -2.26. The van der Waals surface area contributed by atoms with Gasteiger partial charge in [-0.3, -0.25) is 0 Å². The molecule has 7 nitrogen and oxygen atoms in total. The van der Waals surface area contributed by atoms with Crippen LogP contribution < -0.4 is 10.5 Å². The maximum absolute atomic E-state index is 12.5. The Bertz CT molecular complexity index is 761.